The SMILES string of the molecule is CC(C)(C)OC(=O)NC1=N[C@@]2(CS1)c1cc(-c3cccnc3F)ccc1Oc1ncc(Br)cc12. The standard InChI is InChI=1S/C24H20BrFN4O3S/c1-23(2,3)33-22(31)29-21-30-24(12-34-21)16-9-13(15-5-4-8-27-19(15)26)6-7-18(16)32-20-17(24)10-14(25)11-28-20/h4-11H,12H2,1-3H3,(H,29,30,31)/t24-/m0/s1. The van der Waals surface area contributed by atoms with Gasteiger partial charge in [0.2, 0.25) is 11.8 Å². The molecule has 2 aliphatic rings. The first-order valence-corrected chi connectivity index (χ1v) is 12.2. The van der Waals surface area contributed by atoms with E-state index in [1.807, 2.05) is 12.1 Å². The fourth-order valence-corrected chi connectivity index (χ4v) is 5.33. The quantitative estimate of drug-likeness (QED) is 0.378. The van der Waals surface area contributed by atoms with E-state index in [1.54, 1.807) is 51.2 Å². The maximum atomic E-state index is 14.5. The first-order valence-electron chi connectivity index (χ1n) is 10.5. The second-order valence-electron chi connectivity index (χ2n) is 8.85. The zero-order valence-electron chi connectivity index (χ0n) is 18.6. The molecule has 1 spiro atoms. The van der Waals surface area contributed by atoms with Crippen LogP contribution in [-0.4, -0.2) is 32.6 Å². The number of carbonyl (C=O) groups is 1. The molecule has 0 saturated heterocycles. The predicted octanol–water partition coefficient (Wildman–Crippen LogP) is 6.02. The van der Waals surface area contributed by atoms with Gasteiger partial charge in [0.1, 0.15) is 16.9 Å². The summed E-state index contributed by atoms with van der Waals surface area (Å²) in [6.07, 6.45) is 2.48. The second kappa shape index (κ2) is 8.35. The Kier molecular flexibility index (Phi) is 5.60. The summed E-state index contributed by atoms with van der Waals surface area (Å²) in [7, 11) is 0. The molecular weight excluding hydrogens is 523 g/mol. The lowest BCUT2D eigenvalue weighted by Gasteiger charge is -2.34. The normalized spacial score (nSPS) is 18.6. The number of rotatable bonds is 1. The van der Waals surface area contributed by atoms with Crippen molar-refractivity contribution < 1.29 is 18.7 Å². The number of pyridine rings is 2. The second-order valence-corrected chi connectivity index (χ2v) is 10.7. The maximum absolute atomic E-state index is 14.5. The van der Waals surface area contributed by atoms with E-state index in [1.165, 1.54) is 18.0 Å². The van der Waals surface area contributed by atoms with Crippen LogP contribution in [0.3, 0.4) is 0 Å². The number of nitrogens with zero attached hydrogens (tertiary/aromatic N) is 3. The van der Waals surface area contributed by atoms with Crippen molar-refractivity contribution in [2.75, 3.05) is 5.75 Å². The summed E-state index contributed by atoms with van der Waals surface area (Å²) < 4.78 is 26.7. The van der Waals surface area contributed by atoms with Gasteiger partial charge < -0.3 is 9.47 Å². The number of amides is 1. The highest BCUT2D eigenvalue weighted by molar-refractivity contribution is 9.10. The number of ether oxygens (including phenoxy) is 2. The summed E-state index contributed by atoms with van der Waals surface area (Å²) in [5.74, 6) is 0.922. The largest absolute Gasteiger partial charge is 0.444 e. The number of hydrogen-bond donors (Lipinski definition) is 1. The van der Waals surface area contributed by atoms with Crippen LogP contribution in [0.4, 0.5) is 9.18 Å². The summed E-state index contributed by atoms with van der Waals surface area (Å²) in [6.45, 7) is 5.39. The van der Waals surface area contributed by atoms with Crippen LogP contribution in [0, 0.1) is 5.95 Å². The molecule has 0 fully saturated rings. The van der Waals surface area contributed by atoms with Crippen molar-refractivity contribution in [1.29, 1.82) is 0 Å². The third kappa shape index (κ3) is 4.16. The maximum Gasteiger partial charge on any atom is 0.413 e. The number of halogens is 2. The molecule has 1 aromatic carbocycles. The average Bonchev–Trinajstić information content (AvgIpc) is 3.18. The Labute approximate surface area is 208 Å². The van der Waals surface area contributed by atoms with Crippen molar-refractivity contribution in [2.45, 2.75) is 31.9 Å². The van der Waals surface area contributed by atoms with Crippen molar-refractivity contribution in [2.24, 2.45) is 4.99 Å². The zero-order chi connectivity index (χ0) is 24.1. The summed E-state index contributed by atoms with van der Waals surface area (Å²) >= 11 is 4.88. The number of aliphatic imine (C=N–C) groups is 1. The van der Waals surface area contributed by atoms with Gasteiger partial charge in [0.05, 0.1) is 0 Å². The van der Waals surface area contributed by atoms with Gasteiger partial charge in [-0.1, -0.05) is 17.8 Å². The Bertz CT molecular complexity index is 1340. The van der Waals surface area contributed by atoms with Gasteiger partial charge in [0.25, 0.3) is 0 Å². The Morgan fingerprint density at radius 3 is 2.82 bits per heavy atom. The molecule has 174 valence electrons. The molecule has 0 bridgehead atoms. The lowest BCUT2D eigenvalue weighted by atomic mass is 9.82. The van der Waals surface area contributed by atoms with Gasteiger partial charge in [-0.15, -0.1) is 0 Å². The number of alkyl carbamates (subject to hydrolysis) is 1. The van der Waals surface area contributed by atoms with Crippen LogP contribution >= 0.6 is 27.7 Å². The lowest BCUT2D eigenvalue weighted by molar-refractivity contribution is 0.0564. The van der Waals surface area contributed by atoms with Crippen molar-refractivity contribution >= 4 is 39.0 Å². The topological polar surface area (TPSA) is 85.7 Å². The number of thioether (sulfide) groups is 1. The van der Waals surface area contributed by atoms with Crippen molar-refractivity contribution in [3.8, 4) is 22.8 Å². The minimum Gasteiger partial charge on any atom is -0.444 e. The third-order valence-corrected chi connectivity index (χ3v) is 6.75. The molecule has 1 N–H and O–H groups in total. The Morgan fingerprint density at radius 1 is 1.24 bits per heavy atom. The highest BCUT2D eigenvalue weighted by atomic mass is 79.9. The molecule has 34 heavy (non-hydrogen) atoms. The highest BCUT2D eigenvalue weighted by Crippen LogP contribution is 2.53. The number of benzene rings is 1. The smallest absolute Gasteiger partial charge is 0.413 e. The summed E-state index contributed by atoms with van der Waals surface area (Å²) in [6, 6.07) is 10.7. The third-order valence-electron chi connectivity index (χ3n) is 5.28. The summed E-state index contributed by atoms with van der Waals surface area (Å²) in [5, 5.41) is 3.17. The molecule has 7 nitrogen and oxygen atoms in total. The molecule has 1 atom stereocenters. The average molecular weight is 543 g/mol. The zero-order valence-corrected chi connectivity index (χ0v) is 21.0. The number of hydrogen-bond acceptors (Lipinski definition) is 7. The molecule has 4 heterocycles. The van der Waals surface area contributed by atoms with Crippen LogP contribution in [0.1, 0.15) is 31.9 Å². The van der Waals surface area contributed by atoms with Crippen LogP contribution in [0.15, 0.2) is 58.3 Å². The van der Waals surface area contributed by atoms with Gasteiger partial charge in [0, 0.05) is 39.3 Å². The monoisotopic (exact) mass is 542 g/mol. The number of fused-ring (bicyclic) bond motifs is 4. The highest BCUT2D eigenvalue weighted by Gasteiger charge is 2.47. The van der Waals surface area contributed by atoms with E-state index in [2.05, 4.69) is 31.2 Å². The molecule has 0 radical (unpaired) electrons. The molecule has 2 aliphatic heterocycles. The van der Waals surface area contributed by atoms with E-state index in [4.69, 9.17) is 14.5 Å². The first kappa shape index (κ1) is 22.8. The van der Waals surface area contributed by atoms with Crippen LogP contribution in [0.5, 0.6) is 11.6 Å². The van der Waals surface area contributed by atoms with Crippen LogP contribution in [-0.2, 0) is 10.3 Å². The molecule has 3 aromatic rings. The van der Waals surface area contributed by atoms with Gasteiger partial charge in [-0.05, 0) is 72.6 Å². The Hall–Kier alpha value is -2.98. The molecule has 1 amide bonds. The van der Waals surface area contributed by atoms with Gasteiger partial charge in [0.15, 0.2) is 5.17 Å². The Morgan fingerprint density at radius 2 is 2.06 bits per heavy atom. The van der Waals surface area contributed by atoms with Gasteiger partial charge in [-0.25, -0.2) is 19.8 Å². The van der Waals surface area contributed by atoms with Crippen LogP contribution < -0.4 is 10.1 Å². The molecule has 2 aromatic heterocycles. The molecular formula is C24H20BrFN4O3S. The van der Waals surface area contributed by atoms with Gasteiger partial charge in [-0.3, -0.25) is 5.32 Å². The number of aromatic nitrogens is 2. The van der Waals surface area contributed by atoms with E-state index >= 15 is 0 Å². The van der Waals surface area contributed by atoms with E-state index in [9.17, 15) is 9.18 Å². The van der Waals surface area contributed by atoms with Crippen molar-refractivity contribution in [1.82, 2.24) is 15.3 Å². The van der Waals surface area contributed by atoms with E-state index < -0.39 is 23.2 Å². The van der Waals surface area contributed by atoms with E-state index in [0.29, 0.717) is 33.7 Å². The molecule has 10 heteroatoms. The number of carbonyl (C=O) groups excluding carboxylic acids is 1. The first-order chi connectivity index (χ1) is 16.1. The molecule has 0 unspecified atom stereocenters. The molecule has 5 rings (SSSR count). The lowest BCUT2D eigenvalue weighted by Crippen LogP contribution is -2.35. The Balaban J connectivity index is 1.63. The molecule has 0 aliphatic carbocycles. The molecule has 0 saturated carbocycles. The van der Waals surface area contributed by atoms with Crippen LogP contribution in [0.2, 0.25) is 0 Å². The van der Waals surface area contributed by atoms with E-state index in [-0.39, 0.29) is 0 Å². The van der Waals surface area contributed by atoms with Gasteiger partial charge >= 0.3 is 6.09 Å². The summed E-state index contributed by atoms with van der Waals surface area (Å²) in [5.41, 5.74) is 0.971. The minimum absolute atomic E-state index is 0.375. The number of amidine groups is 1. The van der Waals surface area contributed by atoms with Gasteiger partial charge in [-0.2, -0.15) is 4.39 Å². The fourth-order valence-electron chi connectivity index (χ4n) is 3.91. The minimum atomic E-state index is -0.899. The number of nitrogens with one attached hydrogen (secondary N) is 1. The van der Waals surface area contributed by atoms with Crippen molar-refractivity contribution in [3.05, 3.63) is 70.3 Å². The predicted molar refractivity (Wildman–Crippen MR) is 132 cm³/mol. The fraction of sp³-hybridized carbons (Fsp3) is 0.250. The van der Waals surface area contributed by atoms with E-state index in [0.717, 1.165) is 15.6 Å². The summed E-state index contributed by atoms with van der Waals surface area (Å²) in [4.78, 5) is 25.5. The van der Waals surface area contributed by atoms with Crippen molar-refractivity contribution in [3.63, 3.8) is 0 Å². The van der Waals surface area contributed by atoms with Crippen LogP contribution in [0.25, 0.3) is 11.1 Å².